The van der Waals surface area contributed by atoms with Gasteiger partial charge in [0.25, 0.3) is 11.1 Å². The number of thioether (sulfide) groups is 1. The number of nitrogens with one attached hydrogen (secondary N) is 2. The minimum atomic E-state index is -0.162. The molecule has 0 atom stereocenters. The van der Waals surface area contributed by atoms with E-state index in [1.807, 2.05) is 85.1 Å². The van der Waals surface area contributed by atoms with Crippen LogP contribution in [0.4, 0.5) is 5.69 Å². The molecule has 0 saturated carbocycles. The summed E-state index contributed by atoms with van der Waals surface area (Å²) in [6, 6.07) is 25.1. The number of carbonyl (C=O) groups excluding carboxylic acids is 1. The van der Waals surface area contributed by atoms with Crippen molar-refractivity contribution in [3.05, 3.63) is 90.6 Å². The van der Waals surface area contributed by atoms with Gasteiger partial charge in [-0.25, -0.2) is 0 Å². The summed E-state index contributed by atoms with van der Waals surface area (Å²) < 4.78 is 11.5. The van der Waals surface area contributed by atoms with E-state index < -0.39 is 0 Å². The highest BCUT2D eigenvalue weighted by atomic mass is 32.2. The number of hydrogen-bond donors (Lipinski definition) is 2. The molecule has 2 heterocycles. The predicted octanol–water partition coefficient (Wildman–Crippen LogP) is 5.53. The van der Waals surface area contributed by atoms with E-state index in [0.717, 1.165) is 27.8 Å². The van der Waals surface area contributed by atoms with E-state index in [4.69, 9.17) is 9.15 Å². The molecule has 33 heavy (non-hydrogen) atoms. The van der Waals surface area contributed by atoms with Crippen molar-refractivity contribution in [1.29, 1.82) is 0 Å². The number of para-hydroxylation sites is 1. The zero-order valence-corrected chi connectivity index (χ0v) is 18.3. The van der Waals surface area contributed by atoms with Crippen LogP contribution in [0.25, 0.3) is 22.4 Å². The molecule has 0 aliphatic carbocycles. The fourth-order valence-corrected chi connectivity index (χ4v) is 3.89. The molecule has 2 N–H and O–H groups in total. The second-order valence-corrected chi connectivity index (χ2v) is 8.18. The second-order valence-electron chi connectivity index (χ2n) is 7.26. The Morgan fingerprint density at radius 1 is 0.970 bits per heavy atom. The van der Waals surface area contributed by atoms with Crippen LogP contribution in [0.3, 0.4) is 0 Å². The van der Waals surface area contributed by atoms with Crippen LogP contribution >= 0.6 is 11.8 Å². The Labute approximate surface area is 194 Å². The number of rotatable bonds is 8. The molecule has 8 heteroatoms. The molecule has 0 bridgehead atoms. The van der Waals surface area contributed by atoms with Gasteiger partial charge < -0.3 is 19.5 Å². The fourth-order valence-electron chi connectivity index (χ4n) is 3.33. The maximum atomic E-state index is 12.3. The summed E-state index contributed by atoms with van der Waals surface area (Å²) in [5.41, 5.74) is 3.62. The van der Waals surface area contributed by atoms with Gasteiger partial charge in [0.15, 0.2) is 0 Å². The SMILES string of the molecule is O=C(CSc1nnc(-c2c[nH]c3ccccc23)o1)Nc1ccc(OCc2ccccc2)cc1. The number of ether oxygens (including phenoxy) is 1. The standard InChI is InChI=1S/C25H20N4O3S/c30-23(27-18-10-12-19(13-11-18)31-15-17-6-2-1-3-7-17)16-33-25-29-28-24(32-25)21-14-26-22-9-5-4-8-20(21)22/h1-14,26H,15-16H2,(H,27,30). The van der Waals surface area contributed by atoms with Crippen LogP contribution in [0.5, 0.6) is 5.75 Å². The molecule has 2 aromatic heterocycles. The van der Waals surface area contributed by atoms with E-state index in [1.54, 1.807) is 0 Å². The molecule has 0 spiro atoms. The largest absolute Gasteiger partial charge is 0.489 e. The van der Waals surface area contributed by atoms with Crippen molar-refractivity contribution >= 4 is 34.3 Å². The lowest BCUT2D eigenvalue weighted by Crippen LogP contribution is -2.13. The molecule has 7 nitrogen and oxygen atoms in total. The number of fused-ring (bicyclic) bond motifs is 1. The number of amides is 1. The lowest BCUT2D eigenvalue weighted by Gasteiger charge is -2.08. The summed E-state index contributed by atoms with van der Waals surface area (Å²) in [7, 11) is 0. The first kappa shape index (κ1) is 20.8. The van der Waals surface area contributed by atoms with E-state index in [1.165, 1.54) is 11.8 Å². The quantitative estimate of drug-likeness (QED) is 0.298. The van der Waals surface area contributed by atoms with Gasteiger partial charge in [0.1, 0.15) is 12.4 Å². The highest BCUT2D eigenvalue weighted by Gasteiger charge is 2.14. The molecule has 164 valence electrons. The van der Waals surface area contributed by atoms with Crippen molar-refractivity contribution in [2.75, 3.05) is 11.1 Å². The maximum absolute atomic E-state index is 12.3. The third-order valence-electron chi connectivity index (χ3n) is 4.94. The number of H-pyrrole nitrogens is 1. The van der Waals surface area contributed by atoms with Crippen LogP contribution in [0.2, 0.25) is 0 Å². The Bertz CT molecular complexity index is 1360. The molecule has 0 aliphatic rings. The Morgan fingerprint density at radius 2 is 1.76 bits per heavy atom. The molecule has 0 radical (unpaired) electrons. The number of aromatic amines is 1. The van der Waals surface area contributed by atoms with Gasteiger partial charge in [0.05, 0.1) is 11.3 Å². The third kappa shape index (κ3) is 5.07. The Hall–Kier alpha value is -4.04. The van der Waals surface area contributed by atoms with Gasteiger partial charge in [0, 0.05) is 22.8 Å². The van der Waals surface area contributed by atoms with Crippen LogP contribution in [0.1, 0.15) is 5.56 Å². The molecule has 1 amide bonds. The van der Waals surface area contributed by atoms with Crippen molar-refractivity contribution in [3.8, 4) is 17.2 Å². The molecule has 0 fully saturated rings. The van der Waals surface area contributed by atoms with E-state index >= 15 is 0 Å². The number of anilines is 1. The first-order chi connectivity index (χ1) is 16.2. The predicted molar refractivity (Wildman–Crippen MR) is 128 cm³/mol. The van der Waals surface area contributed by atoms with Crippen LogP contribution < -0.4 is 10.1 Å². The van der Waals surface area contributed by atoms with Crippen LogP contribution in [-0.2, 0) is 11.4 Å². The molecule has 5 rings (SSSR count). The molecular weight excluding hydrogens is 436 g/mol. The maximum Gasteiger partial charge on any atom is 0.277 e. The summed E-state index contributed by atoms with van der Waals surface area (Å²) >= 11 is 1.19. The van der Waals surface area contributed by atoms with Gasteiger partial charge in [0.2, 0.25) is 5.91 Å². The smallest absolute Gasteiger partial charge is 0.277 e. The first-order valence-electron chi connectivity index (χ1n) is 10.3. The highest BCUT2D eigenvalue weighted by Crippen LogP contribution is 2.29. The zero-order valence-electron chi connectivity index (χ0n) is 17.5. The number of hydrogen-bond acceptors (Lipinski definition) is 6. The summed E-state index contributed by atoms with van der Waals surface area (Å²) in [4.78, 5) is 15.5. The Balaban J connectivity index is 1.13. The van der Waals surface area contributed by atoms with Crippen molar-refractivity contribution < 1.29 is 13.9 Å². The van der Waals surface area contributed by atoms with E-state index in [-0.39, 0.29) is 11.7 Å². The monoisotopic (exact) mass is 456 g/mol. The zero-order chi connectivity index (χ0) is 22.5. The van der Waals surface area contributed by atoms with Gasteiger partial charge >= 0.3 is 0 Å². The second kappa shape index (κ2) is 9.62. The topological polar surface area (TPSA) is 93.0 Å². The van der Waals surface area contributed by atoms with Gasteiger partial charge in [-0.1, -0.05) is 60.3 Å². The van der Waals surface area contributed by atoms with E-state index in [9.17, 15) is 4.79 Å². The number of carbonyl (C=O) groups is 1. The van der Waals surface area contributed by atoms with E-state index in [0.29, 0.717) is 23.4 Å². The molecule has 0 unspecified atom stereocenters. The number of aromatic nitrogens is 3. The molecular formula is C25H20N4O3S. The summed E-state index contributed by atoms with van der Waals surface area (Å²) in [5.74, 6) is 1.15. The number of nitrogens with zero attached hydrogens (tertiary/aromatic N) is 2. The van der Waals surface area contributed by atoms with Crippen LogP contribution in [0.15, 0.2) is 94.7 Å². The van der Waals surface area contributed by atoms with Crippen molar-refractivity contribution in [1.82, 2.24) is 15.2 Å². The lowest BCUT2D eigenvalue weighted by molar-refractivity contribution is -0.113. The molecule has 0 saturated heterocycles. The van der Waals surface area contributed by atoms with Gasteiger partial charge in [-0.05, 0) is 35.9 Å². The molecule has 0 aliphatic heterocycles. The average Bonchev–Trinajstić information content (AvgIpc) is 3.50. The summed E-state index contributed by atoms with van der Waals surface area (Å²) in [6.07, 6.45) is 1.84. The van der Waals surface area contributed by atoms with Crippen LogP contribution in [0, 0.1) is 0 Å². The Kier molecular flexibility index (Phi) is 6.08. The van der Waals surface area contributed by atoms with Crippen molar-refractivity contribution in [3.63, 3.8) is 0 Å². The van der Waals surface area contributed by atoms with Crippen molar-refractivity contribution in [2.45, 2.75) is 11.8 Å². The fraction of sp³-hybridized carbons (Fsp3) is 0.0800. The van der Waals surface area contributed by atoms with Crippen molar-refractivity contribution in [2.24, 2.45) is 0 Å². The molecule has 5 aromatic rings. The molecule has 3 aromatic carbocycles. The van der Waals surface area contributed by atoms with Gasteiger partial charge in [-0.2, -0.15) is 0 Å². The average molecular weight is 457 g/mol. The normalized spacial score (nSPS) is 10.9. The summed E-state index contributed by atoms with van der Waals surface area (Å²) in [6.45, 7) is 0.494. The summed E-state index contributed by atoms with van der Waals surface area (Å²) in [5, 5.41) is 12.4. The van der Waals surface area contributed by atoms with E-state index in [2.05, 4.69) is 20.5 Å². The minimum Gasteiger partial charge on any atom is -0.489 e. The first-order valence-corrected chi connectivity index (χ1v) is 11.3. The Morgan fingerprint density at radius 3 is 2.61 bits per heavy atom. The highest BCUT2D eigenvalue weighted by molar-refractivity contribution is 7.99. The van der Waals surface area contributed by atoms with Gasteiger partial charge in [-0.15, -0.1) is 10.2 Å². The third-order valence-corrected chi connectivity index (χ3v) is 5.76. The minimum absolute atomic E-state index is 0.155. The number of benzene rings is 3. The van der Waals surface area contributed by atoms with Gasteiger partial charge in [-0.3, -0.25) is 4.79 Å². The lowest BCUT2D eigenvalue weighted by atomic mass is 10.2. The van der Waals surface area contributed by atoms with Crippen LogP contribution in [-0.4, -0.2) is 26.8 Å².